The summed E-state index contributed by atoms with van der Waals surface area (Å²) in [6, 6.07) is 5.50. The van der Waals surface area contributed by atoms with Crippen LogP contribution in [0.2, 0.25) is 0 Å². The summed E-state index contributed by atoms with van der Waals surface area (Å²) in [5.74, 6) is -0.740. The molecule has 0 aliphatic carbocycles. The first kappa shape index (κ1) is 19.9. The van der Waals surface area contributed by atoms with Crippen LogP contribution in [0.4, 0.5) is 4.79 Å². The highest BCUT2D eigenvalue weighted by Crippen LogP contribution is 2.25. The first-order chi connectivity index (χ1) is 12.2. The van der Waals surface area contributed by atoms with E-state index in [1.54, 1.807) is 52.0 Å². The van der Waals surface area contributed by atoms with E-state index >= 15 is 0 Å². The summed E-state index contributed by atoms with van der Waals surface area (Å²) in [5, 5.41) is 2.72. The number of nitrogens with one attached hydrogen (secondary N) is 1. The Bertz CT molecular complexity index is 660. The number of amides is 3. The number of fused-ring (bicyclic) bond motifs is 1. The monoisotopic (exact) mass is 362 g/mol. The molecule has 0 fully saturated rings. The molecule has 26 heavy (non-hydrogen) atoms. The Morgan fingerprint density at radius 2 is 1.69 bits per heavy atom. The molecule has 7 heteroatoms. The van der Waals surface area contributed by atoms with Gasteiger partial charge in [0.1, 0.15) is 5.60 Å². The van der Waals surface area contributed by atoms with Gasteiger partial charge in [-0.15, -0.1) is 0 Å². The van der Waals surface area contributed by atoms with Gasteiger partial charge in [0, 0.05) is 6.61 Å². The first-order valence-corrected chi connectivity index (χ1v) is 8.70. The molecule has 1 heterocycles. The van der Waals surface area contributed by atoms with Gasteiger partial charge >= 0.3 is 6.09 Å². The molecule has 1 aliphatic heterocycles. The summed E-state index contributed by atoms with van der Waals surface area (Å²) in [6.07, 6.45) is -0.620. The van der Waals surface area contributed by atoms with Crippen LogP contribution in [0, 0.1) is 0 Å². The van der Waals surface area contributed by atoms with Gasteiger partial charge < -0.3 is 14.8 Å². The molecule has 2 atom stereocenters. The number of nitrogens with zero attached hydrogens (tertiary/aromatic N) is 1. The number of carbonyl (C=O) groups excluding carboxylic acids is 3. The van der Waals surface area contributed by atoms with Crippen LogP contribution in [0.3, 0.4) is 0 Å². The number of ether oxygens (including phenoxy) is 2. The molecule has 1 aromatic rings. The van der Waals surface area contributed by atoms with Crippen molar-refractivity contribution in [3.63, 3.8) is 0 Å². The van der Waals surface area contributed by atoms with E-state index in [0.717, 1.165) is 0 Å². The van der Waals surface area contributed by atoms with E-state index in [-0.39, 0.29) is 18.4 Å². The zero-order chi connectivity index (χ0) is 19.5. The SMILES string of the molecule is CCOC[C@@H](NC(=O)OC(C)(C)C)[C@H](C)N1C(=O)c2ccccc2C1=O. The van der Waals surface area contributed by atoms with Gasteiger partial charge in [-0.05, 0) is 46.8 Å². The quantitative estimate of drug-likeness (QED) is 0.786. The van der Waals surface area contributed by atoms with Gasteiger partial charge in [-0.1, -0.05) is 12.1 Å². The Labute approximate surface area is 153 Å². The number of alkyl carbamates (subject to hydrolysis) is 1. The van der Waals surface area contributed by atoms with Gasteiger partial charge in [-0.2, -0.15) is 0 Å². The third-order valence-corrected chi connectivity index (χ3v) is 4.02. The second kappa shape index (κ2) is 7.86. The van der Waals surface area contributed by atoms with Crippen LogP contribution in [0.1, 0.15) is 55.3 Å². The molecule has 142 valence electrons. The molecule has 1 N–H and O–H groups in total. The number of rotatable bonds is 6. The van der Waals surface area contributed by atoms with Crippen molar-refractivity contribution in [2.24, 2.45) is 0 Å². The summed E-state index contributed by atoms with van der Waals surface area (Å²) < 4.78 is 10.7. The molecular weight excluding hydrogens is 336 g/mol. The van der Waals surface area contributed by atoms with Crippen molar-refractivity contribution >= 4 is 17.9 Å². The Balaban J connectivity index is 2.19. The maximum absolute atomic E-state index is 12.7. The van der Waals surface area contributed by atoms with E-state index in [0.29, 0.717) is 17.7 Å². The second-order valence-electron chi connectivity index (χ2n) is 7.18. The van der Waals surface area contributed by atoms with Crippen LogP contribution in [-0.4, -0.2) is 53.7 Å². The zero-order valence-corrected chi connectivity index (χ0v) is 15.9. The fraction of sp³-hybridized carbons (Fsp3) is 0.526. The molecule has 1 aliphatic rings. The lowest BCUT2D eigenvalue weighted by Crippen LogP contribution is -2.55. The fourth-order valence-electron chi connectivity index (χ4n) is 2.76. The van der Waals surface area contributed by atoms with Crippen LogP contribution in [-0.2, 0) is 9.47 Å². The largest absolute Gasteiger partial charge is 0.444 e. The van der Waals surface area contributed by atoms with Crippen LogP contribution in [0.25, 0.3) is 0 Å². The van der Waals surface area contributed by atoms with Gasteiger partial charge in [0.05, 0.1) is 29.8 Å². The number of hydrogen-bond donors (Lipinski definition) is 1. The van der Waals surface area contributed by atoms with Crippen molar-refractivity contribution in [1.82, 2.24) is 10.2 Å². The van der Waals surface area contributed by atoms with E-state index in [2.05, 4.69) is 5.32 Å². The van der Waals surface area contributed by atoms with Crippen molar-refractivity contribution in [3.8, 4) is 0 Å². The smallest absolute Gasteiger partial charge is 0.408 e. The molecule has 7 nitrogen and oxygen atoms in total. The number of hydrogen-bond acceptors (Lipinski definition) is 5. The molecule has 0 saturated heterocycles. The van der Waals surface area contributed by atoms with Crippen LogP contribution in [0.5, 0.6) is 0 Å². The Kier molecular flexibility index (Phi) is 6.02. The van der Waals surface area contributed by atoms with E-state index in [1.165, 1.54) is 4.90 Å². The minimum absolute atomic E-state index is 0.157. The van der Waals surface area contributed by atoms with Crippen LogP contribution in [0.15, 0.2) is 24.3 Å². The van der Waals surface area contributed by atoms with Gasteiger partial charge in [0.15, 0.2) is 0 Å². The molecule has 0 saturated carbocycles. The summed E-state index contributed by atoms with van der Waals surface area (Å²) in [6.45, 7) is 9.43. The molecule has 0 bridgehead atoms. The molecule has 0 unspecified atom stereocenters. The summed E-state index contributed by atoms with van der Waals surface area (Å²) >= 11 is 0. The molecular formula is C19H26N2O5. The van der Waals surface area contributed by atoms with Gasteiger partial charge in [0.25, 0.3) is 11.8 Å². The van der Waals surface area contributed by atoms with Crippen molar-refractivity contribution in [3.05, 3.63) is 35.4 Å². The van der Waals surface area contributed by atoms with Crippen molar-refractivity contribution in [2.75, 3.05) is 13.2 Å². The Morgan fingerprint density at radius 1 is 1.15 bits per heavy atom. The third kappa shape index (κ3) is 4.40. The lowest BCUT2D eigenvalue weighted by atomic mass is 10.1. The molecule has 0 radical (unpaired) electrons. The van der Waals surface area contributed by atoms with Gasteiger partial charge in [-0.3, -0.25) is 14.5 Å². The second-order valence-corrected chi connectivity index (χ2v) is 7.18. The number of benzene rings is 1. The molecule has 0 aromatic heterocycles. The zero-order valence-electron chi connectivity index (χ0n) is 15.9. The van der Waals surface area contributed by atoms with Crippen molar-refractivity contribution in [1.29, 1.82) is 0 Å². The average Bonchev–Trinajstić information content (AvgIpc) is 2.81. The molecule has 3 amide bonds. The summed E-state index contributed by atoms with van der Waals surface area (Å²) in [5.41, 5.74) is 0.0903. The highest BCUT2D eigenvalue weighted by Gasteiger charge is 2.41. The minimum Gasteiger partial charge on any atom is -0.444 e. The predicted octanol–water partition coefficient (Wildman–Crippen LogP) is 2.60. The van der Waals surface area contributed by atoms with Gasteiger partial charge in [-0.25, -0.2) is 4.79 Å². The lowest BCUT2D eigenvalue weighted by Gasteiger charge is -2.31. The van der Waals surface area contributed by atoms with E-state index in [4.69, 9.17) is 9.47 Å². The van der Waals surface area contributed by atoms with Gasteiger partial charge in [0.2, 0.25) is 0 Å². The summed E-state index contributed by atoms with van der Waals surface area (Å²) in [7, 11) is 0. The van der Waals surface area contributed by atoms with Crippen molar-refractivity contribution in [2.45, 2.75) is 52.3 Å². The van der Waals surface area contributed by atoms with E-state index in [1.807, 2.05) is 6.92 Å². The maximum atomic E-state index is 12.7. The fourth-order valence-corrected chi connectivity index (χ4v) is 2.76. The van der Waals surface area contributed by atoms with Crippen LogP contribution >= 0.6 is 0 Å². The number of carbonyl (C=O) groups is 3. The predicted molar refractivity (Wildman–Crippen MR) is 96.1 cm³/mol. The standard InChI is InChI=1S/C19H26N2O5/c1-6-25-11-15(20-18(24)26-19(3,4)5)12(2)21-16(22)13-9-7-8-10-14(13)17(21)23/h7-10,12,15H,6,11H2,1-5H3,(H,20,24)/t12-,15+/m0/s1. The molecule has 2 rings (SSSR count). The van der Waals surface area contributed by atoms with E-state index in [9.17, 15) is 14.4 Å². The first-order valence-electron chi connectivity index (χ1n) is 8.70. The topological polar surface area (TPSA) is 84.9 Å². The Morgan fingerprint density at radius 3 is 2.15 bits per heavy atom. The normalized spacial score (nSPS) is 16.3. The lowest BCUT2D eigenvalue weighted by molar-refractivity contribution is 0.0317. The summed E-state index contributed by atoms with van der Waals surface area (Å²) in [4.78, 5) is 38.7. The minimum atomic E-state index is -0.654. The molecule has 1 aromatic carbocycles. The molecule has 0 spiro atoms. The highest BCUT2D eigenvalue weighted by molar-refractivity contribution is 6.21. The third-order valence-electron chi connectivity index (χ3n) is 4.02. The van der Waals surface area contributed by atoms with Crippen LogP contribution < -0.4 is 5.32 Å². The highest BCUT2D eigenvalue weighted by atomic mass is 16.6. The Hall–Kier alpha value is -2.41. The van der Waals surface area contributed by atoms with E-state index < -0.39 is 23.8 Å². The average molecular weight is 362 g/mol. The number of imide groups is 1. The maximum Gasteiger partial charge on any atom is 0.408 e. The van der Waals surface area contributed by atoms with Crippen molar-refractivity contribution < 1.29 is 23.9 Å².